The van der Waals surface area contributed by atoms with E-state index in [1.54, 1.807) is 6.20 Å². The van der Waals surface area contributed by atoms with E-state index in [1.165, 1.54) is 33.0 Å². The van der Waals surface area contributed by atoms with E-state index in [4.69, 9.17) is 14.4 Å². The second kappa shape index (κ2) is 18.1. The van der Waals surface area contributed by atoms with Gasteiger partial charge in [-0.05, 0) is 81.1 Å². The summed E-state index contributed by atoms with van der Waals surface area (Å²) in [6.07, 6.45) is 6.93. The van der Waals surface area contributed by atoms with Crippen LogP contribution >= 0.6 is 0 Å². The van der Waals surface area contributed by atoms with Gasteiger partial charge < -0.3 is 14.0 Å². The minimum atomic E-state index is -1.37. The number of pyridine rings is 2. The summed E-state index contributed by atoms with van der Waals surface area (Å²) < 4.78 is 8.75. The van der Waals surface area contributed by atoms with Crippen LogP contribution in [0.3, 0.4) is 0 Å². The van der Waals surface area contributed by atoms with Crippen molar-refractivity contribution < 1.29 is 24.5 Å². The molecule has 0 aliphatic carbocycles. The molecule has 0 fully saturated rings. The molecule has 0 aliphatic rings. The normalized spacial score (nSPS) is 11.9. The van der Waals surface area contributed by atoms with Gasteiger partial charge in [-0.15, -0.1) is 54.1 Å². The average molecular weight is 1010 g/mol. The Kier molecular flexibility index (Phi) is 13.0. The summed E-state index contributed by atoms with van der Waals surface area (Å²) in [4.78, 5) is 14.4. The fourth-order valence-electron chi connectivity index (χ4n) is 8.38. The predicted octanol–water partition coefficient (Wildman–Crippen LogP) is 14.4. The zero-order chi connectivity index (χ0) is 43.1. The quantitative estimate of drug-likeness (QED) is 0.112. The van der Waals surface area contributed by atoms with Crippen molar-refractivity contribution in [1.29, 1.82) is 0 Å². The van der Waals surface area contributed by atoms with E-state index < -0.39 is 8.07 Å². The fourth-order valence-corrected chi connectivity index (χ4v) is 9.96. The summed E-state index contributed by atoms with van der Waals surface area (Å²) >= 11 is 0. The van der Waals surface area contributed by atoms with E-state index in [0.717, 1.165) is 67.7 Å². The van der Waals surface area contributed by atoms with Gasteiger partial charge in [-0.3, -0.25) is 9.97 Å². The summed E-state index contributed by atoms with van der Waals surface area (Å²) in [5, 5.41) is 3.64. The second-order valence-electron chi connectivity index (χ2n) is 19.0. The zero-order valence-corrected chi connectivity index (χ0v) is 41.0. The van der Waals surface area contributed by atoms with Crippen LogP contribution in [0.5, 0.6) is 0 Å². The van der Waals surface area contributed by atoms with Crippen LogP contribution in [0.2, 0.25) is 19.6 Å². The standard InChI is InChI=1S/C36H30N3O.C19H26NSi.Ir/c1-22(2)29-19-25(24-11-6-5-7-12-24)20-30(23(3)4)34(29)39-32-21-37-18-17-31(32)38-36(39)28-15-10-14-27-26-13-8-9-16-33(26)40-35(27)28;1-19(2,3)13-16-12-17(15-10-8-7-9-11-15)20-14-18(16)21(4,5)6;/h5-14,16-23H,1-4H3;7-10,12,14H,13H2,1-6H3;/q2*-1;. The summed E-state index contributed by atoms with van der Waals surface area (Å²) in [5.41, 5.74) is 14.4. The van der Waals surface area contributed by atoms with Gasteiger partial charge in [0.25, 0.3) is 0 Å². The van der Waals surface area contributed by atoms with Gasteiger partial charge >= 0.3 is 0 Å². The van der Waals surface area contributed by atoms with Crippen LogP contribution in [0.25, 0.3) is 72.4 Å². The molecule has 9 rings (SSSR count). The molecule has 5 aromatic carbocycles. The van der Waals surface area contributed by atoms with Crippen molar-refractivity contribution in [3.8, 4) is 39.5 Å². The number of imidazole rings is 1. The monoisotopic (exact) mass is 1010 g/mol. The number of aromatic nitrogens is 4. The number of hydrogen-bond acceptors (Lipinski definition) is 4. The molecule has 4 aromatic heterocycles. The molecule has 0 N–H and O–H groups in total. The SMILES string of the molecule is CC(C)(C)Cc1cc(-c2[c-]cccc2)ncc1[Si](C)(C)C.CC(C)c1cc(-c2ccccc2)cc(C(C)C)c1-n1c(-c2[c-]ccc3c2oc2ccccc23)nc2ccncc21.[Ir]. The van der Waals surface area contributed by atoms with Crippen LogP contribution in [0.15, 0.2) is 138 Å². The molecule has 0 aliphatic heterocycles. The third kappa shape index (κ3) is 9.17. The van der Waals surface area contributed by atoms with Gasteiger partial charge in [0.2, 0.25) is 0 Å². The minimum absolute atomic E-state index is 0. The first-order valence-corrected chi connectivity index (χ1v) is 25.0. The van der Waals surface area contributed by atoms with Crippen molar-refractivity contribution in [2.45, 2.75) is 86.4 Å². The van der Waals surface area contributed by atoms with Crippen LogP contribution in [0.1, 0.15) is 77.0 Å². The van der Waals surface area contributed by atoms with Crippen molar-refractivity contribution >= 4 is 46.2 Å². The molecule has 0 bridgehead atoms. The Morgan fingerprint density at radius 3 is 2.08 bits per heavy atom. The van der Waals surface area contributed by atoms with E-state index in [0.29, 0.717) is 0 Å². The van der Waals surface area contributed by atoms with Crippen molar-refractivity contribution in [3.63, 3.8) is 0 Å². The van der Waals surface area contributed by atoms with E-state index in [2.05, 4.69) is 163 Å². The molecule has 9 aromatic rings. The number of para-hydroxylation sites is 1. The first kappa shape index (κ1) is 44.6. The van der Waals surface area contributed by atoms with Gasteiger partial charge in [0.1, 0.15) is 5.58 Å². The molecule has 5 nitrogen and oxygen atoms in total. The number of hydrogen-bond donors (Lipinski definition) is 0. The van der Waals surface area contributed by atoms with Gasteiger partial charge in [-0.25, -0.2) is 0 Å². The number of nitrogens with zero attached hydrogens (tertiary/aromatic N) is 4. The van der Waals surface area contributed by atoms with Crippen LogP contribution in [0, 0.1) is 17.5 Å². The molecule has 0 saturated carbocycles. The number of benzene rings is 5. The Labute approximate surface area is 382 Å². The summed E-state index contributed by atoms with van der Waals surface area (Å²) in [7, 11) is -1.37. The molecule has 0 saturated heterocycles. The number of furan rings is 1. The van der Waals surface area contributed by atoms with Crippen LogP contribution < -0.4 is 5.19 Å². The maximum absolute atomic E-state index is 6.46. The Hall–Kier alpha value is -5.46. The molecule has 1 radical (unpaired) electrons. The maximum Gasteiger partial charge on any atom is 0.120 e. The Balaban J connectivity index is 0.000000223. The second-order valence-corrected chi connectivity index (χ2v) is 24.0. The molecule has 0 atom stereocenters. The van der Waals surface area contributed by atoms with E-state index in [9.17, 15) is 0 Å². The molecule has 4 heterocycles. The summed E-state index contributed by atoms with van der Waals surface area (Å²) in [5.74, 6) is 1.37. The van der Waals surface area contributed by atoms with E-state index >= 15 is 0 Å². The third-order valence-corrected chi connectivity index (χ3v) is 13.3. The van der Waals surface area contributed by atoms with Crippen molar-refractivity contribution in [2.75, 3.05) is 0 Å². The first-order chi connectivity index (χ1) is 29.2. The largest absolute Gasteiger partial charge is 0.501 e. The topological polar surface area (TPSA) is 56.7 Å². The predicted molar refractivity (Wildman–Crippen MR) is 259 cm³/mol. The summed E-state index contributed by atoms with van der Waals surface area (Å²) in [6.45, 7) is 23.1. The van der Waals surface area contributed by atoms with Gasteiger partial charge in [0, 0.05) is 43.6 Å². The van der Waals surface area contributed by atoms with Gasteiger partial charge in [0.05, 0.1) is 36.7 Å². The Morgan fingerprint density at radius 2 is 1.42 bits per heavy atom. The smallest absolute Gasteiger partial charge is 0.120 e. The van der Waals surface area contributed by atoms with Crippen molar-refractivity contribution in [1.82, 2.24) is 19.5 Å². The molecule has 0 unspecified atom stereocenters. The van der Waals surface area contributed by atoms with E-state index in [1.807, 2.05) is 54.7 Å². The molecular formula is C55H56IrN4OSi-2. The van der Waals surface area contributed by atoms with Crippen LogP contribution in [0.4, 0.5) is 0 Å². The molecule has 62 heavy (non-hydrogen) atoms. The minimum Gasteiger partial charge on any atom is -0.501 e. The molecule has 317 valence electrons. The molecule has 0 spiro atoms. The van der Waals surface area contributed by atoms with Gasteiger partial charge in [-0.2, -0.15) is 0 Å². The Bertz CT molecular complexity index is 2940. The fraction of sp³-hybridized carbons (Fsp3) is 0.255. The maximum atomic E-state index is 6.46. The van der Waals surface area contributed by atoms with Crippen LogP contribution in [-0.4, -0.2) is 27.6 Å². The number of rotatable bonds is 8. The Morgan fingerprint density at radius 1 is 0.726 bits per heavy atom. The van der Waals surface area contributed by atoms with Crippen molar-refractivity contribution in [2.24, 2.45) is 5.41 Å². The van der Waals surface area contributed by atoms with Crippen LogP contribution in [-0.2, 0) is 26.5 Å². The molecule has 7 heteroatoms. The van der Waals surface area contributed by atoms with Gasteiger partial charge in [-0.1, -0.05) is 139 Å². The summed E-state index contributed by atoms with van der Waals surface area (Å²) in [6, 6.07) is 46.7. The molecular weight excluding hydrogens is 953 g/mol. The number of fused-ring (bicyclic) bond motifs is 4. The molecule has 0 amide bonds. The van der Waals surface area contributed by atoms with Gasteiger partial charge in [0.15, 0.2) is 0 Å². The first-order valence-electron chi connectivity index (χ1n) is 21.5. The van der Waals surface area contributed by atoms with Crippen molar-refractivity contribution in [3.05, 3.63) is 163 Å². The van der Waals surface area contributed by atoms with E-state index in [-0.39, 0.29) is 37.4 Å². The average Bonchev–Trinajstić information content (AvgIpc) is 3.82. The zero-order valence-electron chi connectivity index (χ0n) is 37.6. The third-order valence-electron chi connectivity index (χ3n) is 11.3.